The molecule has 1 unspecified atom stereocenters. The fourth-order valence-electron chi connectivity index (χ4n) is 1.85. The van der Waals surface area contributed by atoms with Crippen molar-refractivity contribution in [2.45, 2.75) is 43.5 Å². The van der Waals surface area contributed by atoms with Crippen LogP contribution in [0.5, 0.6) is 0 Å². The highest BCUT2D eigenvalue weighted by molar-refractivity contribution is 6.62. The normalized spacial score (nSPS) is 26.5. The van der Waals surface area contributed by atoms with Gasteiger partial charge in [0.2, 0.25) is 0 Å². The van der Waals surface area contributed by atoms with Crippen molar-refractivity contribution in [2.24, 2.45) is 0 Å². The molecule has 11 heavy (non-hydrogen) atoms. The summed E-state index contributed by atoms with van der Waals surface area (Å²) in [7, 11) is -1.03. The van der Waals surface area contributed by atoms with E-state index in [1.165, 1.54) is 31.4 Å². The van der Waals surface area contributed by atoms with E-state index in [1.807, 2.05) is 0 Å². The SMILES string of the molecule is CC(O)(CO)[SiH]1CCCCC1. The lowest BCUT2D eigenvalue weighted by Crippen LogP contribution is -2.47. The van der Waals surface area contributed by atoms with Gasteiger partial charge in [0.1, 0.15) is 0 Å². The van der Waals surface area contributed by atoms with Crippen LogP contribution in [0, 0.1) is 0 Å². The van der Waals surface area contributed by atoms with E-state index in [-0.39, 0.29) is 6.61 Å². The van der Waals surface area contributed by atoms with Gasteiger partial charge >= 0.3 is 0 Å². The molecular weight excluding hydrogens is 156 g/mol. The third kappa shape index (κ3) is 2.29. The molecule has 0 aromatic carbocycles. The molecule has 1 fully saturated rings. The molecule has 0 radical (unpaired) electrons. The van der Waals surface area contributed by atoms with E-state index in [4.69, 9.17) is 5.11 Å². The second-order valence-corrected chi connectivity index (χ2v) is 7.64. The van der Waals surface area contributed by atoms with Crippen LogP contribution in [0.3, 0.4) is 0 Å². The average Bonchev–Trinajstić information content (AvgIpc) is 2.06. The third-order valence-corrected chi connectivity index (χ3v) is 6.96. The molecule has 0 amide bonds. The summed E-state index contributed by atoms with van der Waals surface area (Å²) in [5.74, 6) is 0. The Morgan fingerprint density at radius 1 is 1.27 bits per heavy atom. The Balaban J connectivity index is 2.43. The van der Waals surface area contributed by atoms with Gasteiger partial charge in [0.05, 0.1) is 20.6 Å². The van der Waals surface area contributed by atoms with Crippen molar-refractivity contribution >= 4 is 8.80 Å². The number of aliphatic hydroxyl groups is 2. The van der Waals surface area contributed by atoms with Gasteiger partial charge in [0.25, 0.3) is 0 Å². The molecule has 1 aliphatic heterocycles. The molecule has 0 aromatic rings. The molecule has 0 aromatic heterocycles. The van der Waals surface area contributed by atoms with Gasteiger partial charge in [-0.05, 0) is 6.92 Å². The smallest absolute Gasteiger partial charge is 0.0779 e. The summed E-state index contributed by atoms with van der Waals surface area (Å²) < 4.78 is 0. The van der Waals surface area contributed by atoms with Gasteiger partial charge in [0, 0.05) is 0 Å². The molecule has 0 bridgehead atoms. The van der Waals surface area contributed by atoms with Crippen LogP contribution in [0.4, 0.5) is 0 Å². The van der Waals surface area contributed by atoms with E-state index >= 15 is 0 Å². The fraction of sp³-hybridized carbons (Fsp3) is 1.00. The third-order valence-electron chi connectivity index (χ3n) is 2.80. The molecule has 1 rings (SSSR count). The highest BCUT2D eigenvalue weighted by Gasteiger charge is 2.33. The average molecular weight is 174 g/mol. The minimum atomic E-state index is -1.03. The zero-order valence-corrected chi connectivity index (χ0v) is 8.37. The van der Waals surface area contributed by atoms with E-state index in [9.17, 15) is 5.11 Å². The fourth-order valence-corrected chi connectivity index (χ4v) is 5.21. The summed E-state index contributed by atoms with van der Waals surface area (Å²) in [5, 5.41) is 18.0. The maximum atomic E-state index is 9.76. The Labute approximate surface area is 69.9 Å². The van der Waals surface area contributed by atoms with Crippen LogP contribution < -0.4 is 0 Å². The standard InChI is InChI=1S/C8H18O2Si/c1-8(10,7-9)11-5-3-2-4-6-11/h9-11H,2-7H2,1H3. The first-order valence-electron chi connectivity index (χ1n) is 4.50. The molecule has 0 aliphatic carbocycles. The molecule has 66 valence electrons. The summed E-state index contributed by atoms with van der Waals surface area (Å²) in [4.78, 5) is 0. The summed E-state index contributed by atoms with van der Waals surface area (Å²) in [6.07, 6.45) is 3.87. The van der Waals surface area contributed by atoms with Crippen molar-refractivity contribution in [1.29, 1.82) is 0 Å². The number of hydrogen-bond donors (Lipinski definition) is 2. The van der Waals surface area contributed by atoms with Gasteiger partial charge in [-0.2, -0.15) is 0 Å². The van der Waals surface area contributed by atoms with E-state index < -0.39 is 14.0 Å². The summed E-state index contributed by atoms with van der Waals surface area (Å²) >= 11 is 0. The summed E-state index contributed by atoms with van der Waals surface area (Å²) in [6.45, 7) is 1.76. The molecule has 1 saturated heterocycles. The topological polar surface area (TPSA) is 40.5 Å². The zero-order valence-electron chi connectivity index (χ0n) is 7.21. The Kier molecular flexibility index (Phi) is 3.10. The zero-order chi connectivity index (χ0) is 8.32. The van der Waals surface area contributed by atoms with E-state index in [0.717, 1.165) is 0 Å². The first kappa shape index (κ1) is 9.23. The lowest BCUT2D eigenvalue weighted by molar-refractivity contribution is 0.0645. The molecule has 2 N–H and O–H groups in total. The Hall–Kier alpha value is 0.137. The van der Waals surface area contributed by atoms with Crippen molar-refractivity contribution in [2.75, 3.05) is 6.61 Å². The molecule has 0 spiro atoms. The van der Waals surface area contributed by atoms with Crippen LogP contribution in [0.25, 0.3) is 0 Å². The maximum absolute atomic E-state index is 9.76. The van der Waals surface area contributed by atoms with Crippen molar-refractivity contribution < 1.29 is 10.2 Å². The van der Waals surface area contributed by atoms with Crippen LogP contribution in [0.1, 0.15) is 26.2 Å². The monoisotopic (exact) mass is 174 g/mol. The van der Waals surface area contributed by atoms with Gasteiger partial charge in [-0.3, -0.25) is 0 Å². The van der Waals surface area contributed by atoms with Crippen LogP contribution in [0.15, 0.2) is 0 Å². The van der Waals surface area contributed by atoms with E-state index in [0.29, 0.717) is 0 Å². The highest BCUT2D eigenvalue weighted by Crippen LogP contribution is 2.25. The summed E-state index contributed by atoms with van der Waals surface area (Å²) in [5.41, 5.74) is 0. The lowest BCUT2D eigenvalue weighted by atomic mass is 10.3. The molecule has 1 atom stereocenters. The Morgan fingerprint density at radius 2 is 1.82 bits per heavy atom. The van der Waals surface area contributed by atoms with Gasteiger partial charge < -0.3 is 10.2 Å². The number of aliphatic hydroxyl groups excluding tert-OH is 1. The predicted octanol–water partition coefficient (Wildman–Crippen LogP) is 0.680. The van der Waals surface area contributed by atoms with Crippen molar-refractivity contribution in [3.63, 3.8) is 0 Å². The van der Waals surface area contributed by atoms with Crippen molar-refractivity contribution in [3.8, 4) is 0 Å². The minimum Gasteiger partial charge on any atom is -0.394 e. The van der Waals surface area contributed by atoms with Gasteiger partial charge in [0.15, 0.2) is 0 Å². The Bertz CT molecular complexity index is 119. The molecule has 0 saturated carbocycles. The van der Waals surface area contributed by atoms with Crippen LogP contribution in [-0.2, 0) is 0 Å². The quantitative estimate of drug-likeness (QED) is 0.604. The number of hydrogen-bond acceptors (Lipinski definition) is 2. The minimum absolute atomic E-state index is 0.0378. The summed E-state index contributed by atoms with van der Waals surface area (Å²) in [6, 6.07) is 2.43. The van der Waals surface area contributed by atoms with Crippen LogP contribution in [0.2, 0.25) is 12.1 Å². The molecule has 1 heterocycles. The van der Waals surface area contributed by atoms with Gasteiger partial charge in [-0.15, -0.1) is 0 Å². The first-order chi connectivity index (χ1) is 5.17. The van der Waals surface area contributed by atoms with Crippen LogP contribution in [-0.4, -0.2) is 30.8 Å². The second kappa shape index (κ2) is 3.69. The molecule has 1 aliphatic rings. The highest BCUT2D eigenvalue weighted by atomic mass is 28.3. The van der Waals surface area contributed by atoms with E-state index in [2.05, 4.69) is 0 Å². The van der Waals surface area contributed by atoms with Crippen LogP contribution >= 0.6 is 0 Å². The largest absolute Gasteiger partial charge is 0.394 e. The Morgan fingerprint density at radius 3 is 2.27 bits per heavy atom. The van der Waals surface area contributed by atoms with Gasteiger partial charge in [-0.1, -0.05) is 31.4 Å². The first-order valence-corrected chi connectivity index (χ1v) is 6.71. The molecule has 2 nitrogen and oxygen atoms in total. The predicted molar refractivity (Wildman–Crippen MR) is 48.3 cm³/mol. The van der Waals surface area contributed by atoms with E-state index in [1.54, 1.807) is 6.92 Å². The van der Waals surface area contributed by atoms with Crippen molar-refractivity contribution in [1.82, 2.24) is 0 Å². The second-order valence-electron chi connectivity index (χ2n) is 3.85. The number of rotatable bonds is 2. The maximum Gasteiger partial charge on any atom is 0.0779 e. The molecule has 3 heteroatoms. The van der Waals surface area contributed by atoms with Crippen molar-refractivity contribution in [3.05, 3.63) is 0 Å². The van der Waals surface area contributed by atoms with Gasteiger partial charge in [-0.25, -0.2) is 0 Å². The molecular formula is C8H18O2Si. The lowest BCUT2D eigenvalue weighted by Gasteiger charge is -2.32.